The lowest BCUT2D eigenvalue weighted by atomic mass is 10.1. The van der Waals surface area contributed by atoms with Crippen molar-refractivity contribution in [3.63, 3.8) is 0 Å². The standard InChI is InChI=1S/C15H25N3O.ClH/c1-10(2)18-11(3)8-14(13(18)5)15(19)17-7-6-16-9-12(17)4;/h8,10,12,16H,6-7,9H2,1-5H3;1H/t12-;/m0./s1. The van der Waals surface area contributed by atoms with Gasteiger partial charge in [-0.2, -0.15) is 0 Å². The zero-order chi connectivity index (χ0) is 14.2. The van der Waals surface area contributed by atoms with E-state index in [-0.39, 0.29) is 24.4 Å². The summed E-state index contributed by atoms with van der Waals surface area (Å²) >= 11 is 0. The van der Waals surface area contributed by atoms with E-state index in [2.05, 4.69) is 37.6 Å². The van der Waals surface area contributed by atoms with Crippen LogP contribution in [0.5, 0.6) is 0 Å². The van der Waals surface area contributed by atoms with Crippen LogP contribution in [0.3, 0.4) is 0 Å². The molecule has 1 aromatic heterocycles. The number of carbonyl (C=O) groups is 1. The number of amides is 1. The van der Waals surface area contributed by atoms with Crippen molar-refractivity contribution >= 4 is 18.3 Å². The van der Waals surface area contributed by atoms with Crippen molar-refractivity contribution in [2.24, 2.45) is 0 Å². The number of rotatable bonds is 2. The van der Waals surface area contributed by atoms with Gasteiger partial charge in [-0.3, -0.25) is 4.79 Å². The van der Waals surface area contributed by atoms with Gasteiger partial charge in [0.05, 0.1) is 5.56 Å². The van der Waals surface area contributed by atoms with Crippen LogP contribution >= 0.6 is 12.4 Å². The Kier molecular flexibility index (Phi) is 5.66. The van der Waals surface area contributed by atoms with Gasteiger partial charge < -0.3 is 14.8 Å². The third-order valence-corrected chi connectivity index (χ3v) is 3.99. The SMILES string of the molecule is Cc1cc(C(=O)N2CCNC[C@@H]2C)c(C)n1C(C)C.Cl. The van der Waals surface area contributed by atoms with Crippen molar-refractivity contribution in [2.45, 2.75) is 46.7 Å². The van der Waals surface area contributed by atoms with Crippen molar-refractivity contribution < 1.29 is 4.79 Å². The summed E-state index contributed by atoms with van der Waals surface area (Å²) in [5, 5.41) is 3.32. The molecule has 0 bridgehead atoms. The van der Waals surface area contributed by atoms with Crippen molar-refractivity contribution in [2.75, 3.05) is 19.6 Å². The topological polar surface area (TPSA) is 37.3 Å². The molecule has 1 amide bonds. The summed E-state index contributed by atoms with van der Waals surface area (Å²) in [5.74, 6) is 0.175. The fraction of sp³-hybridized carbons (Fsp3) is 0.667. The molecule has 1 aliphatic heterocycles. The summed E-state index contributed by atoms with van der Waals surface area (Å²) in [6.07, 6.45) is 0. The van der Waals surface area contributed by atoms with Gasteiger partial charge in [-0.05, 0) is 40.7 Å². The minimum absolute atomic E-state index is 0. The predicted octanol–water partition coefficient (Wildman–Crippen LogP) is 2.54. The predicted molar refractivity (Wildman–Crippen MR) is 84.9 cm³/mol. The van der Waals surface area contributed by atoms with Crippen molar-refractivity contribution in [3.8, 4) is 0 Å². The minimum Gasteiger partial charge on any atom is -0.346 e. The van der Waals surface area contributed by atoms with Crippen LogP contribution in [0.4, 0.5) is 0 Å². The van der Waals surface area contributed by atoms with Gasteiger partial charge in [0.1, 0.15) is 0 Å². The Labute approximate surface area is 127 Å². The second-order valence-corrected chi connectivity index (χ2v) is 5.80. The van der Waals surface area contributed by atoms with Gasteiger partial charge in [0.2, 0.25) is 0 Å². The van der Waals surface area contributed by atoms with Gasteiger partial charge in [-0.25, -0.2) is 0 Å². The molecular weight excluding hydrogens is 274 g/mol. The number of halogens is 1. The van der Waals surface area contributed by atoms with Crippen LogP contribution in [0.25, 0.3) is 0 Å². The van der Waals surface area contributed by atoms with Gasteiger partial charge in [0.25, 0.3) is 5.91 Å². The third kappa shape index (κ3) is 3.01. The summed E-state index contributed by atoms with van der Waals surface area (Å²) in [5.41, 5.74) is 3.11. The highest BCUT2D eigenvalue weighted by Gasteiger charge is 2.27. The summed E-state index contributed by atoms with van der Waals surface area (Å²) in [6.45, 7) is 13.1. The van der Waals surface area contributed by atoms with E-state index >= 15 is 0 Å². The van der Waals surface area contributed by atoms with Gasteiger partial charge in [0.15, 0.2) is 0 Å². The molecule has 1 atom stereocenters. The molecule has 0 radical (unpaired) electrons. The molecule has 0 unspecified atom stereocenters. The number of carbonyl (C=O) groups excluding carboxylic acids is 1. The average molecular weight is 300 g/mol. The highest BCUT2D eigenvalue weighted by atomic mass is 35.5. The molecular formula is C15H26ClN3O. The van der Waals surface area contributed by atoms with E-state index in [1.54, 1.807) is 0 Å². The van der Waals surface area contributed by atoms with Crippen LogP contribution in [0.15, 0.2) is 6.07 Å². The molecule has 0 aliphatic carbocycles. The number of hydrogen-bond donors (Lipinski definition) is 1. The Morgan fingerprint density at radius 2 is 2.05 bits per heavy atom. The van der Waals surface area contributed by atoms with Crippen LogP contribution in [0.1, 0.15) is 48.6 Å². The highest BCUT2D eigenvalue weighted by Crippen LogP contribution is 2.22. The molecule has 20 heavy (non-hydrogen) atoms. The smallest absolute Gasteiger partial charge is 0.256 e. The summed E-state index contributed by atoms with van der Waals surface area (Å²) in [7, 11) is 0. The van der Waals surface area contributed by atoms with E-state index < -0.39 is 0 Å². The van der Waals surface area contributed by atoms with Crippen molar-refractivity contribution in [1.29, 1.82) is 0 Å². The number of aromatic nitrogens is 1. The van der Waals surface area contributed by atoms with Crippen LogP contribution in [0.2, 0.25) is 0 Å². The van der Waals surface area contributed by atoms with Gasteiger partial charge >= 0.3 is 0 Å². The number of hydrogen-bond acceptors (Lipinski definition) is 2. The molecule has 0 spiro atoms. The second kappa shape index (κ2) is 6.64. The first-order valence-corrected chi connectivity index (χ1v) is 7.13. The largest absolute Gasteiger partial charge is 0.346 e. The van der Waals surface area contributed by atoms with Crippen molar-refractivity contribution in [1.82, 2.24) is 14.8 Å². The Hall–Kier alpha value is -1.000. The maximum atomic E-state index is 12.7. The Bertz CT molecular complexity index is 482. The molecule has 0 saturated carbocycles. The lowest BCUT2D eigenvalue weighted by molar-refractivity contribution is 0.0655. The summed E-state index contributed by atoms with van der Waals surface area (Å²) in [4.78, 5) is 14.7. The molecule has 2 rings (SSSR count). The minimum atomic E-state index is 0. The molecule has 4 nitrogen and oxygen atoms in total. The van der Waals surface area contributed by atoms with Gasteiger partial charge in [-0.15, -0.1) is 12.4 Å². The first-order valence-electron chi connectivity index (χ1n) is 7.13. The van der Waals surface area contributed by atoms with E-state index in [1.165, 1.54) is 5.69 Å². The third-order valence-electron chi connectivity index (χ3n) is 3.99. The lowest BCUT2D eigenvalue weighted by Gasteiger charge is -2.34. The Balaban J connectivity index is 0.00000200. The number of piperazine rings is 1. The Morgan fingerprint density at radius 3 is 2.55 bits per heavy atom. The number of aryl methyl sites for hydroxylation is 1. The number of nitrogens with zero attached hydrogens (tertiary/aromatic N) is 2. The molecule has 1 saturated heterocycles. The first kappa shape index (κ1) is 17.1. The normalized spacial score (nSPS) is 19.1. The molecule has 1 N–H and O–H groups in total. The molecule has 1 aliphatic rings. The molecule has 1 fully saturated rings. The zero-order valence-electron chi connectivity index (χ0n) is 13.1. The van der Waals surface area contributed by atoms with Crippen LogP contribution in [-0.2, 0) is 0 Å². The first-order chi connectivity index (χ1) is 8.93. The zero-order valence-corrected chi connectivity index (χ0v) is 13.9. The quantitative estimate of drug-likeness (QED) is 0.911. The van der Waals surface area contributed by atoms with Crippen LogP contribution in [0, 0.1) is 13.8 Å². The summed E-state index contributed by atoms with van der Waals surface area (Å²) < 4.78 is 2.24. The van der Waals surface area contributed by atoms with Gasteiger partial charge in [-0.1, -0.05) is 0 Å². The molecule has 114 valence electrons. The maximum absolute atomic E-state index is 12.7. The van der Waals surface area contributed by atoms with E-state index in [9.17, 15) is 4.79 Å². The van der Waals surface area contributed by atoms with E-state index in [0.717, 1.165) is 30.9 Å². The van der Waals surface area contributed by atoms with Crippen LogP contribution in [-0.4, -0.2) is 41.1 Å². The fourth-order valence-electron chi connectivity index (χ4n) is 3.09. The molecule has 5 heteroatoms. The molecule has 0 aromatic carbocycles. The maximum Gasteiger partial charge on any atom is 0.256 e. The lowest BCUT2D eigenvalue weighted by Crippen LogP contribution is -2.52. The Morgan fingerprint density at radius 1 is 1.40 bits per heavy atom. The highest BCUT2D eigenvalue weighted by molar-refractivity contribution is 5.96. The van der Waals surface area contributed by atoms with Crippen LogP contribution < -0.4 is 5.32 Å². The summed E-state index contributed by atoms with van der Waals surface area (Å²) in [6, 6.07) is 2.69. The molecule has 1 aromatic rings. The molecule has 2 heterocycles. The van der Waals surface area contributed by atoms with E-state index in [4.69, 9.17) is 0 Å². The number of nitrogens with one attached hydrogen (secondary N) is 1. The second-order valence-electron chi connectivity index (χ2n) is 5.80. The fourth-order valence-corrected chi connectivity index (χ4v) is 3.09. The average Bonchev–Trinajstić information content (AvgIpc) is 2.64. The monoisotopic (exact) mass is 299 g/mol. The van der Waals surface area contributed by atoms with E-state index in [0.29, 0.717) is 6.04 Å². The van der Waals surface area contributed by atoms with Crippen molar-refractivity contribution in [3.05, 3.63) is 23.0 Å². The van der Waals surface area contributed by atoms with Gasteiger partial charge in [0, 0.05) is 43.1 Å². The van der Waals surface area contributed by atoms with E-state index in [1.807, 2.05) is 17.9 Å².